The van der Waals surface area contributed by atoms with Crippen LogP contribution in [0.25, 0.3) is 5.65 Å². The average Bonchev–Trinajstić information content (AvgIpc) is 3.37. The van der Waals surface area contributed by atoms with Gasteiger partial charge in [0.2, 0.25) is 0 Å². The van der Waals surface area contributed by atoms with Crippen molar-refractivity contribution in [1.82, 2.24) is 30.1 Å². The molecule has 7 nitrogen and oxygen atoms in total. The predicted molar refractivity (Wildman–Crippen MR) is 111 cm³/mol. The van der Waals surface area contributed by atoms with E-state index in [1.165, 1.54) is 0 Å². The minimum Gasteiger partial charge on any atom is -0.352 e. The lowest BCUT2D eigenvalue weighted by Gasteiger charge is -2.19. The van der Waals surface area contributed by atoms with E-state index in [0.29, 0.717) is 19.0 Å². The third-order valence-corrected chi connectivity index (χ3v) is 5.32. The third kappa shape index (κ3) is 5.13. The van der Waals surface area contributed by atoms with Gasteiger partial charge in [-0.25, -0.2) is 0 Å². The van der Waals surface area contributed by atoms with Crippen LogP contribution in [0.1, 0.15) is 23.4 Å². The van der Waals surface area contributed by atoms with E-state index in [9.17, 15) is 13.2 Å². The zero-order valence-corrected chi connectivity index (χ0v) is 17.1. The van der Waals surface area contributed by atoms with Crippen LogP contribution in [0.2, 0.25) is 0 Å². The second-order valence-electron chi connectivity index (χ2n) is 7.53. The van der Waals surface area contributed by atoms with Gasteiger partial charge >= 0.3 is 6.18 Å². The van der Waals surface area contributed by atoms with E-state index >= 15 is 0 Å². The van der Waals surface area contributed by atoms with Crippen LogP contribution < -0.4 is 10.6 Å². The molecule has 2 aromatic heterocycles. The average molecular weight is 431 g/mol. The molecule has 10 heteroatoms. The highest BCUT2D eigenvalue weighted by Gasteiger charge is 2.30. The second-order valence-corrected chi connectivity index (χ2v) is 7.53. The van der Waals surface area contributed by atoms with Gasteiger partial charge in [-0.3, -0.25) is 14.3 Å². The summed E-state index contributed by atoms with van der Waals surface area (Å²) in [4.78, 5) is 6.51. The Balaban J connectivity index is 1.27. The van der Waals surface area contributed by atoms with E-state index in [-0.39, 0.29) is 6.04 Å². The molecule has 0 amide bonds. The molecule has 1 atom stereocenters. The number of fused-ring (bicyclic) bond motifs is 1. The zero-order chi connectivity index (χ0) is 21.8. The molecule has 2 N–H and O–H groups in total. The normalized spacial score (nSPS) is 17.9. The first-order chi connectivity index (χ1) is 14.9. The first-order valence-electron chi connectivity index (χ1n) is 10.1. The highest BCUT2D eigenvalue weighted by molar-refractivity contribution is 5.79. The van der Waals surface area contributed by atoms with E-state index in [4.69, 9.17) is 0 Å². The van der Waals surface area contributed by atoms with Gasteiger partial charge in [0, 0.05) is 38.9 Å². The van der Waals surface area contributed by atoms with Crippen molar-refractivity contribution in [3.05, 3.63) is 65.6 Å². The Kier molecular flexibility index (Phi) is 6.08. The maximum Gasteiger partial charge on any atom is 0.416 e. The number of alkyl halides is 3. The Labute approximate surface area is 178 Å². The van der Waals surface area contributed by atoms with Crippen LogP contribution in [0.3, 0.4) is 0 Å². The summed E-state index contributed by atoms with van der Waals surface area (Å²) in [7, 11) is 1.71. The highest BCUT2D eigenvalue weighted by atomic mass is 19.4. The van der Waals surface area contributed by atoms with E-state index in [2.05, 4.69) is 30.7 Å². The number of hydrogen-bond acceptors (Lipinski definition) is 4. The number of nitrogens with zero attached hydrogens (tertiary/aromatic N) is 5. The van der Waals surface area contributed by atoms with Gasteiger partial charge in [0.05, 0.1) is 12.1 Å². The van der Waals surface area contributed by atoms with Crippen molar-refractivity contribution < 1.29 is 13.2 Å². The van der Waals surface area contributed by atoms with E-state index in [0.717, 1.165) is 48.7 Å². The number of hydrogen-bond donors (Lipinski definition) is 2. The van der Waals surface area contributed by atoms with Crippen LogP contribution >= 0.6 is 0 Å². The molecule has 1 aliphatic heterocycles. The fourth-order valence-electron chi connectivity index (χ4n) is 3.71. The van der Waals surface area contributed by atoms with Gasteiger partial charge in [-0.15, -0.1) is 10.2 Å². The molecule has 0 spiro atoms. The molecule has 3 aromatic rings. The van der Waals surface area contributed by atoms with Gasteiger partial charge in [-0.05, 0) is 36.2 Å². The number of benzene rings is 1. The molecule has 0 saturated carbocycles. The van der Waals surface area contributed by atoms with Gasteiger partial charge in [-0.1, -0.05) is 18.2 Å². The van der Waals surface area contributed by atoms with Crippen molar-refractivity contribution in [3.8, 4) is 0 Å². The maximum atomic E-state index is 12.7. The van der Waals surface area contributed by atoms with E-state index in [1.54, 1.807) is 19.2 Å². The number of likely N-dealkylation sites (tertiary alicyclic amines) is 1. The van der Waals surface area contributed by atoms with Crippen LogP contribution in [0.4, 0.5) is 13.2 Å². The molecule has 0 aliphatic carbocycles. The van der Waals surface area contributed by atoms with Crippen molar-refractivity contribution in [2.24, 2.45) is 4.99 Å². The molecule has 31 heavy (non-hydrogen) atoms. The molecule has 1 saturated heterocycles. The summed E-state index contributed by atoms with van der Waals surface area (Å²) in [6, 6.07) is 11.3. The number of aliphatic imine (C=N–C) groups is 1. The van der Waals surface area contributed by atoms with Gasteiger partial charge in [0.1, 0.15) is 0 Å². The third-order valence-electron chi connectivity index (χ3n) is 5.32. The number of rotatable bonds is 5. The lowest BCUT2D eigenvalue weighted by Crippen LogP contribution is -2.44. The van der Waals surface area contributed by atoms with Crippen molar-refractivity contribution in [3.63, 3.8) is 0 Å². The van der Waals surface area contributed by atoms with E-state index in [1.807, 2.05) is 28.8 Å². The SMILES string of the molecule is CN=C(NCc1nnc2ccccn12)NC1CCN(Cc2ccc(C(F)(F)F)cc2)C1. The summed E-state index contributed by atoms with van der Waals surface area (Å²) in [5.41, 5.74) is 1.04. The molecule has 0 radical (unpaired) electrons. The van der Waals surface area contributed by atoms with Crippen LogP contribution in [-0.2, 0) is 19.3 Å². The van der Waals surface area contributed by atoms with Crippen LogP contribution in [0, 0.1) is 0 Å². The molecule has 4 rings (SSSR count). The second kappa shape index (κ2) is 8.93. The van der Waals surface area contributed by atoms with Gasteiger partial charge in [0.25, 0.3) is 0 Å². The van der Waals surface area contributed by atoms with Crippen molar-refractivity contribution in [2.45, 2.75) is 31.7 Å². The Hall–Kier alpha value is -3.14. The molecule has 1 unspecified atom stereocenters. The fourth-order valence-corrected chi connectivity index (χ4v) is 3.71. The molecule has 164 valence electrons. The number of halogens is 3. The van der Waals surface area contributed by atoms with Crippen LogP contribution in [-0.4, -0.2) is 51.6 Å². The molecule has 0 bridgehead atoms. The molecular formula is C21H24F3N7. The van der Waals surface area contributed by atoms with Crippen molar-refractivity contribution in [1.29, 1.82) is 0 Å². The van der Waals surface area contributed by atoms with E-state index < -0.39 is 11.7 Å². The molecule has 1 fully saturated rings. The molecule has 3 heterocycles. The Bertz CT molecular complexity index is 1040. The van der Waals surface area contributed by atoms with Gasteiger partial charge in [0.15, 0.2) is 17.4 Å². The van der Waals surface area contributed by atoms with Crippen LogP contribution in [0.5, 0.6) is 0 Å². The highest BCUT2D eigenvalue weighted by Crippen LogP contribution is 2.29. The summed E-state index contributed by atoms with van der Waals surface area (Å²) in [5.74, 6) is 1.46. The Morgan fingerprint density at radius 2 is 1.97 bits per heavy atom. The van der Waals surface area contributed by atoms with Crippen molar-refractivity contribution >= 4 is 11.6 Å². The fraction of sp³-hybridized carbons (Fsp3) is 0.381. The number of nitrogens with one attached hydrogen (secondary N) is 2. The monoisotopic (exact) mass is 431 g/mol. The first kappa shape index (κ1) is 21.1. The summed E-state index contributed by atoms with van der Waals surface area (Å²) < 4.78 is 40.1. The number of pyridine rings is 1. The predicted octanol–water partition coefficient (Wildman–Crippen LogP) is 2.69. The smallest absolute Gasteiger partial charge is 0.352 e. The standard InChI is InChI=1S/C21H24F3N7/c1-25-20(26-12-19-29-28-18-4-2-3-10-31(18)19)27-17-9-11-30(14-17)13-15-5-7-16(8-6-15)21(22,23)24/h2-8,10,17H,9,11-14H2,1H3,(H2,25,26,27). The topological polar surface area (TPSA) is 69.8 Å². The van der Waals surface area contributed by atoms with Crippen LogP contribution in [0.15, 0.2) is 53.7 Å². The molecule has 1 aromatic carbocycles. The number of aromatic nitrogens is 3. The molecular weight excluding hydrogens is 407 g/mol. The zero-order valence-electron chi connectivity index (χ0n) is 17.1. The van der Waals surface area contributed by atoms with Crippen molar-refractivity contribution in [2.75, 3.05) is 20.1 Å². The number of guanidine groups is 1. The minimum absolute atomic E-state index is 0.204. The summed E-state index contributed by atoms with van der Waals surface area (Å²) in [5, 5.41) is 15.0. The summed E-state index contributed by atoms with van der Waals surface area (Å²) in [6.07, 6.45) is -1.46. The Morgan fingerprint density at radius 1 is 1.16 bits per heavy atom. The summed E-state index contributed by atoms with van der Waals surface area (Å²) in [6.45, 7) is 2.75. The van der Waals surface area contributed by atoms with Gasteiger partial charge < -0.3 is 10.6 Å². The summed E-state index contributed by atoms with van der Waals surface area (Å²) >= 11 is 0. The van der Waals surface area contributed by atoms with Gasteiger partial charge in [-0.2, -0.15) is 13.2 Å². The largest absolute Gasteiger partial charge is 0.416 e. The maximum absolute atomic E-state index is 12.7. The first-order valence-corrected chi connectivity index (χ1v) is 10.1. The lowest BCUT2D eigenvalue weighted by atomic mass is 10.1. The molecule has 1 aliphatic rings. The lowest BCUT2D eigenvalue weighted by molar-refractivity contribution is -0.137. The minimum atomic E-state index is -4.30. The quantitative estimate of drug-likeness (QED) is 0.480. The Morgan fingerprint density at radius 3 is 2.71 bits per heavy atom.